The molecule has 0 spiro atoms. The molecule has 25 heavy (non-hydrogen) atoms. The summed E-state index contributed by atoms with van der Waals surface area (Å²) in [6.45, 7) is 6.27. The Labute approximate surface area is 153 Å². The second kappa shape index (κ2) is 9.08. The lowest BCUT2D eigenvalue weighted by atomic mass is 10.2. The Bertz CT molecular complexity index is 710. The van der Waals surface area contributed by atoms with Crippen LogP contribution in [-0.2, 0) is 16.1 Å². The highest BCUT2D eigenvalue weighted by Crippen LogP contribution is 2.17. The van der Waals surface area contributed by atoms with Crippen molar-refractivity contribution in [2.75, 3.05) is 23.3 Å². The molecule has 0 unspecified atom stereocenters. The standard InChI is InChI=1S/C19H22ClN3O2/c1-3-23(4-2)17-11-9-16(10-12-17)22-19(25)18(24)21-13-14-5-7-15(20)8-6-14/h5-12H,3-4,13H2,1-2H3,(H,21,24)(H,22,25). The highest BCUT2D eigenvalue weighted by atomic mass is 35.5. The van der Waals surface area contributed by atoms with Gasteiger partial charge in [-0.3, -0.25) is 9.59 Å². The zero-order chi connectivity index (χ0) is 18.2. The number of carbonyl (C=O) groups excluding carboxylic acids is 2. The first-order valence-corrected chi connectivity index (χ1v) is 8.60. The fourth-order valence-electron chi connectivity index (χ4n) is 2.40. The van der Waals surface area contributed by atoms with Crippen molar-refractivity contribution in [3.05, 3.63) is 59.1 Å². The van der Waals surface area contributed by atoms with Gasteiger partial charge in [-0.15, -0.1) is 0 Å². The quantitative estimate of drug-likeness (QED) is 0.777. The number of nitrogens with zero attached hydrogens (tertiary/aromatic N) is 1. The molecule has 0 atom stereocenters. The van der Waals surface area contributed by atoms with Gasteiger partial charge >= 0.3 is 11.8 Å². The maximum atomic E-state index is 12.0. The van der Waals surface area contributed by atoms with Crippen molar-refractivity contribution in [3.63, 3.8) is 0 Å². The number of halogens is 1. The van der Waals surface area contributed by atoms with E-state index >= 15 is 0 Å². The predicted molar refractivity (Wildman–Crippen MR) is 102 cm³/mol. The lowest BCUT2D eigenvalue weighted by molar-refractivity contribution is -0.136. The molecule has 0 radical (unpaired) electrons. The van der Waals surface area contributed by atoms with Gasteiger partial charge in [-0.25, -0.2) is 0 Å². The maximum absolute atomic E-state index is 12.0. The van der Waals surface area contributed by atoms with Crippen LogP contribution in [0.25, 0.3) is 0 Å². The van der Waals surface area contributed by atoms with Gasteiger partial charge in [0.25, 0.3) is 0 Å². The summed E-state index contributed by atoms with van der Waals surface area (Å²) in [4.78, 5) is 26.1. The third-order valence-corrected chi connectivity index (χ3v) is 4.08. The number of anilines is 2. The molecule has 0 aliphatic rings. The van der Waals surface area contributed by atoms with E-state index in [4.69, 9.17) is 11.6 Å². The Morgan fingerprint density at radius 1 is 0.920 bits per heavy atom. The van der Waals surface area contributed by atoms with Crippen molar-refractivity contribution in [3.8, 4) is 0 Å². The van der Waals surface area contributed by atoms with E-state index in [1.165, 1.54) is 0 Å². The van der Waals surface area contributed by atoms with E-state index in [-0.39, 0.29) is 6.54 Å². The molecule has 0 saturated heterocycles. The lowest BCUT2D eigenvalue weighted by Gasteiger charge is -2.21. The molecule has 2 aromatic rings. The molecule has 132 valence electrons. The van der Waals surface area contributed by atoms with Gasteiger partial charge < -0.3 is 15.5 Å². The molecule has 0 heterocycles. The van der Waals surface area contributed by atoms with E-state index in [9.17, 15) is 9.59 Å². The normalized spacial score (nSPS) is 10.2. The Morgan fingerprint density at radius 3 is 2.08 bits per heavy atom. The van der Waals surface area contributed by atoms with E-state index in [0.717, 1.165) is 24.3 Å². The maximum Gasteiger partial charge on any atom is 0.313 e. The first-order valence-electron chi connectivity index (χ1n) is 8.22. The molecule has 2 amide bonds. The van der Waals surface area contributed by atoms with Crippen molar-refractivity contribution < 1.29 is 9.59 Å². The zero-order valence-corrected chi connectivity index (χ0v) is 15.1. The summed E-state index contributed by atoms with van der Waals surface area (Å²) >= 11 is 5.81. The van der Waals surface area contributed by atoms with Gasteiger partial charge in [-0.2, -0.15) is 0 Å². The topological polar surface area (TPSA) is 61.4 Å². The summed E-state index contributed by atoms with van der Waals surface area (Å²) in [5, 5.41) is 5.81. The van der Waals surface area contributed by atoms with Crippen LogP contribution < -0.4 is 15.5 Å². The first kappa shape index (κ1) is 18.8. The van der Waals surface area contributed by atoms with Gasteiger partial charge in [0.05, 0.1) is 0 Å². The monoisotopic (exact) mass is 359 g/mol. The minimum Gasteiger partial charge on any atom is -0.372 e. The molecular weight excluding hydrogens is 338 g/mol. The van der Waals surface area contributed by atoms with Crippen LogP contribution >= 0.6 is 11.6 Å². The van der Waals surface area contributed by atoms with E-state index in [1.54, 1.807) is 36.4 Å². The van der Waals surface area contributed by atoms with Gasteiger partial charge in [0, 0.05) is 36.0 Å². The minimum absolute atomic E-state index is 0.268. The van der Waals surface area contributed by atoms with Crippen molar-refractivity contribution >= 4 is 34.8 Å². The van der Waals surface area contributed by atoms with Crippen molar-refractivity contribution in [2.24, 2.45) is 0 Å². The summed E-state index contributed by atoms with van der Waals surface area (Å²) in [6.07, 6.45) is 0. The van der Waals surface area contributed by atoms with E-state index in [0.29, 0.717) is 10.7 Å². The minimum atomic E-state index is -0.690. The number of amides is 2. The third kappa shape index (κ3) is 5.50. The van der Waals surface area contributed by atoms with Crippen LogP contribution in [0.2, 0.25) is 5.02 Å². The average molecular weight is 360 g/mol. The number of rotatable bonds is 6. The van der Waals surface area contributed by atoms with Gasteiger partial charge in [0.1, 0.15) is 0 Å². The number of benzene rings is 2. The second-order valence-electron chi connectivity index (χ2n) is 5.48. The Hall–Kier alpha value is -2.53. The van der Waals surface area contributed by atoms with Crippen LogP contribution in [0.15, 0.2) is 48.5 Å². The van der Waals surface area contributed by atoms with E-state index in [1.807, 2.05) is 12.1 Å². The van der Waals surface area contributed by atoms with Crippen LogP contribution in [0.4, 0.5) is 11.4 Å². The van der Waals surface area contributed by atoms with Crippen LogP contribution in [0.5, 0.6) is 0 Å². The number of hydrogen-bond donors (Lipinski definition) is 2. The van der Waals surface area contributed by atoms with Crippen molar-refractivity contribution in [2.45, 2.75) is 20.4 Å². The molecule has 0 aliphatic heterocycles. The highest BCUT2D eigenvalue weighted by Gasteiger charge is 2.13. The second-order valence-corrected chi connectivity index (χ2v) is 5.92. The van der Waals surface area contributed by atoms with Crippen LogP contribution in [0, 0.1) is 0 Å². The Kier molecular flexibility index (Phi) is 6.83. The smallest absolute Gasteiger partial charge is 0.313 e. The van der Waals surface area contributed by atoms with Gasteiger partial charge in [-0.05, 0) is 55.8 Å². The van der Waals surface area contributed by atoms with Crippen molar-refractivity contribution in [1.29, 1.82) is 0 Å². The molecule has 0 saturated carbocycles. The Balaban J connectivity index is 1.88. The summed E-state index contributed by atoms with van der Waals surface area (Å²) in [5.41, 5.74) is 2.53. The molecule has 2 N–H and O–H groups in total. The van der Waals surface area contributed by atoms with E-state index < -0.39 is 11.8 Å². The highest BCUT2D eigenvalue weighted by molar-refractivity contribution is 6.39. The molecule has 6 heteroatoms. The Morgan fingerprint density at radius 2 is 1.52 bits per heavy atom. The molecule has 5 nitrogen and oxygen atoms in total. The zero-order valence-electron chi connectivity index (χ0n) is 14.4. The number of carbonyl (C=O) groups is 2. The predicted octanol–water partition coefficient (Wildman–Crippen LogP) is 3.44. The largest absolute Gasteiger partial charge is 0.372 e. The van der Waals surface area contributed by atoms with Crippen LogP contribution in [0.3, 0.4) is 0 Å². The van der Waals surface area contributed by atoms with Gasteiger partial charge in [-0.1, -0.05) is 23.7 Å². The summed E-state index contributed by atoms with van der Waals surface area (Å²) in [5.74, 6) is -1.37. The van der Waals surface area contributed by atoms with Crippen molar-refractivity contribution in [1.82, 2.24) is 5.32 Å². The summed E-state index contributed by atoms with van der Waals surface area (Å²) < 4.78 is 0. The SMILES string of the molecule is CCN(CC)c1ccc(NC(=O)C(=O)NCc2ccc(Cl)cc2)cc1. The van der Waals surface area contributed by atoms with E-state index in [2.05, 4.69) is 29.4 Å². The average Bonchev–Trinajstić information content (AvgIpc) is 2.63. The molecule has 2 rings (SSSR count). The molecule has 0 aromatic heterocycles. The van der Waals surface area contributed by atoms with Gasteiger partial charge in [0.15, 0.2) is 0 Å². The molecule has 0 aliphatic carbocycles. The molecule has 0 fully saturated rings. The third-order valence-electron chi connectivity index (χ3n) is 3.83. The number of hydrogen-bond acceptors (Lipinski definition) is 3. The fourth-order valence-corrected chi connectivity index (χ4v) is 2.52. The molecule has 2 aromatic carbocycles. The first-order chi connectivity index (χ1) is 12.0. The van der Waals surface area contributed by atoms with Gasteiger partial charge in [0.2, 0.25) is 0 Å². The van der Waals surface area contributed by atoms with Crippen LogP contribution in [0.1, 0.15) is 19.4 Å². The van der Waals surface area contributed by atoms with Crippen LogP contribution in [-0.4, -0.2) is 24.9 Å². The fraction of sp³-hybridized carbons (Fsp3) is 0.263. The lowest BCUT2D eigenvalue weighted by Crippen LogP contribution is -2.34. The molecular formula is C19H22ClN3O2. The number of nitrogens with one attached hydrogen (secondary N) is 2. The summed E-state index contributed by atoms with van der Waals surface area (Å²) in [7, 11) is 0. The molecule has 0 bridgehead atoms. The summed E-state index contributed by atoms with van der Waals surface area (Å²) in [6, 6.07) is 14.5.